The van der Waals surface area contributed by atoms with Crippen LogP contribution in [-0.2, 0) is 16.0 Å². The van der Waals surface area contributed by atoms with Gasteiger partial charge in [0, 0.05) is 6.42 Å². The first-order chi connectivity index (χ1) is 17.2. The van der Waals surface area contributed by atoms with Crippen molar-refractivity contribution in [3.63, 3.8) is 0 Å². The van der Waals surface area contributed by atoms with Gasteiger partial charge in [0.1, 0.15) is 23.1 Å². The van der Waals surface area contributed by atoms with Gasteiger partial charge in [0.25, 0.3) is 8.32 Å². The topological polar surface area (TPSA) is 94.1 Å². The van der Waals surface area contributed by atoms with E-state index >= 15 is 0 Å². The quantitative estimate of drug-likeness (QED) is 0.203. The third kappa shape index (κ3) is 9.78. The highest BCUT2D eigenvalue weighted by Gasteiger charge is 2.39. The zero-order chi connectivity index (χ0) is 29.2. The molecule has 1 amide bonds. The second kappa shape index (κ2) is 13.3. The third-order valence-corrected chi connectivity index (χ3v) is 13.4. The van der Waals surface area contributed by atoms with Crippen LogP contribution in [0.25, 0.3) is 0 Å². The zero-order valence-electron chi connectivity index (χ0n) is 22.6. The van der Waals surface area contributed by atoms with E-state index < -0.39 is 32.0 Å². The summed E-state index contributed by atoms with van der Waals surface area (Å²) >= 11 is 8.95. The molecule has 0 aliphatic heterocycles. The SMILES string of the molecule is CC(C)(C)OC(=O)N[C@@H](Cc1cc(I)c(Oc2cc(I)c(O[Si](C)(C)C(C)(C)C)c(I)c2)c(I)c1)C(=O)O. The minimum Gasteiger partial charge on any atom is -0.542 e. The number of ether oxygens (including phenoxy) is 2. The molecular formula is C26H33I4NO6Si. The van der Waals surface area contributed by atoms with Gasteiger partial charge in [0.2, 0.25) is 0 Å². The van der Waals surface area contributed by atoms with Crippen molar-refractivity contribution in [2.75, 3.05) is 0 Å². The van der Waals surface area contributed by atoms with Gasteiger partial charge < -0.3 is 24.3 Å². The Labute approximate surface area is 280 Å². The molecule has 1 atom stereocenters. The number of hydrogen-bond donors (Lipinski definition) is 2. The number of carbonyl (C=O) groups is 2. The van der Waals surface area contributed by atoms with Crippen LogP contribution in [0, 0.1) is 14.3 Å². The summed E-state index contributed by atoms with van der Waals surface area (Å²) in [5.41, 5.74) is 0.0403. The van der Waals surface area contributed by atoms with Crippen molar-refractivity contribution in [2.24, 2.45) is 0 Å². The van der Waals surface area contributed by atoms with Gasteiger partial charge in [0.15, 0.2) is 5.75 Å². The van der Waals surface area contributed by atoms with E-state index in [1.807, 2.05) is 24.3 Å². The molecule has 0 saturated carbocycles. The largest absolute Gasteiger partial charge is 0.542 e. The first-order valence-electron chi connectivity index (χ1n) is 11.8. The second-order valence-electron chi connectivity index (χ2n) is 11.3. The number of hydrogen-bond acceptors (Lipinski definition) is 5. The van der Waals surface area contributed by atoms with Crippen molar-refractivity contribution in [1.82, 2.24) is 5.32 Å². The lowest BCUT2D eigenvalue weighted by molar-refractivity contribution is -0.139. The first kappa shape index (κ1) is 34.1. The molecule has 210 valence electrons. The normalized spacial score (nSPS) is 13.1. The summed E-state index contributed by atoms with van der Waals surface area (Å²) < 4.78 is 21.7. The molecule has 0 bridgehead atoms. The first-order valence-corrected chi connectivity index (χ1v) is 19.0. The van der Waals surface area contributed by atoms with Crippen molar-refractivity contribution in [2.45, 2.75) is 77.7 Å². The number of alkyl carbamates (subject to hydrolysis) is 1. The van der Waals surface area contributed by atoms with E-state index in [0.717, 1.165) is 25.6 Å². The molecule has 0 heterocycles. The molecule has 0 aliphatic rings. The van der Waals surface area contributed by atoms with E-state index in [9.17, 15) is 14.7 Å². The lowest BCUT2D eigenvalue weighted by Gasteiger charge is -2.37. The van der Waals surface area contributed by atoms with Crippen molar-refractivity contribution in [3.05, 3.63) is 44.1 Å². The van der Waals surface area contributed by atoms with E-state index in [0.29, 0.717) is 11.5 Å². The monoisotopic (exact) mass is 991 g/mol. The highest BCUT2D eigenvalue weighted by Crippen LogP contribution is 2.42. The molecule has 0 radical (unpaired) electrons. The molecule has 0 spiro atoms. The number of halogens is 4. The second-order valence-corrected chi connectivity index (χ2v) is 20.7. The molecular weight excluding hydrogens is 958 g/mol. The summed E-state index contributed by atoms with van der Waals surface area (Å²) in [6, 6.07) is 6.55. The minimum atomic E-state index is -2.00. The Morgan fingerprint density at radius 1 is 0.895 bits per heavy atom. The Kier molecular flexibility index (Phi) is 11.9. The molecule has 0 saturated heterocycles. The summed E-state index contributed by atoms with van der Waals surface area (Å²) in [6.45, 7) is 16.3. The average Bonchev–Trinajstić information content (AvgIpc) is 2.70. The average molecular weight is 991 g/mol. The van der Waals surface area contributed by atoms with E-state index in [1.54, 1.807) is 20.8 Å². The van der Waals surface area contributed by atoms with Gasteiger partial charge in [-0.25, -0.2) is 9.59 Å². The summed E-state index contributed by atoms with van der Waals surface area (Å²) in [5, 5.41) is 12.2. The maximum Gasteiger partial charge on any atom is 0.408 e. The van der Waals surface area contributed by atoms with Crippen molar-refractivity contribution >= 4 is 111 Å². The standard InChI is InChI=1S/C26H33I4NO6Si/c1-25(2,3)36-24(34)31-20(23(32)33)11-14-9-16(27)21(17(28)10-14)35-15-12-18(29)22(19(30)13-15)37-38(7,8)26(4,5)6/h9-10,12-13,20H,11H2,1-8H3,(H,31,34)(H,32,33)/t20-/m0/s1. The van der Waals surface area contributed by atoms with Crippen molar-refractivity contribution in [1.29, 1.82) is 0 Å². The maximum atomic E-state index is 12.1. The fourth-order valence-corrected chi connectivity index (χ4v) is 8.43. The number of aliphatic carboxylic acids is 1. The summed E-state index contributed by atoms with van der Waals surface area (Å²) in [4.78, 5) is 23.9. The van der Waals surface area contributed by atoms with E-state index in [4.69, 9.17) is 13.9 Å². The molecule has 2 N–H and O–H groups in total. The number of amides is 1. The minimum absolute atomic E-state index is 0.0877. The van der Waals surface area contributed by atoms with Crippen LogP contribution < -0.4 is 14.5 Å². The van der Waals surface area contributed by atoms with Crippen LogP contribution in [-0.4, -0.2) is 37.1 Å². The Bertz CT molecular complexity index is 1160. The van der Waals surface area contributed by atoms with Crippen LogP contribution in [0.2, 0.25) is 18.1 Å². The molecule has 38 heavy (non-hydrogen) atoms. The van der Waals surface area contributed by atoms with Crippen molar-refractivity contribution < 1.29 is 28.6 Å². The van der Waals surface area contributed by atoms with Crippen LogP contribution in [0.4, 0.5) is 4.79 Å². The van der Waals surface area contributed by atoms with Gasteiger partial charge in [-0.2, -0.15) is 0 Å². The molecule has 0 unspecified atom stereocenters. The highest BCUT2D eigenvalue weighted by molar-refractivity contribution is 14.1. The smallest absolute Gasteiger partial charge is 0.408 e. The summed E-state index contributed by atoms with van der Waals surface area (Å²) in [5.74, 6) is 1.14. The van der Waals surface area contributed by atoms with Gasteiger partial charge in [-0.05, 0) is 159 Å². The van der Waals surface area contributed by atoms with Gasteiger partial charge in [-0.3, -0.25) is 0 Å². The van der Waals surface area contributed by atoms with Crippen LogP contribution in [0.5, 0.6) is 17.2 Å². The van der Waals surface area contributed by atoms with Crippen LogP contribution in [0.1, 0.15) is 47.1 Å². The Hall–Kier alpha value is -0.0831. The Morgan fingerprint density at radius 3 is 1.79 bits per heavy atom. The zero-order valence-corrected chi connectivity index (χ0v) is 32.2. The Morgan fingerprint density at radius 2 is 1.37 bits per heavy atom. The predicted molar refractivity (Wildman–Crippen MR) is 186 cm³/mol. The molecule has 2 rings (SSSR count). The third-order valence-electron chi connectivity index (χ3n) is 5.84. The number of nitrogens with one attached hydrogen (secondary N) is 1. The number of benzene rings is 2. The lowest BCUT2D eigenvalue weighted by atomic mass is 10.1. The Balaban J connectivity index is 2.26. The van der Waals surface area contributed by atoms with Crippen molar-refractivity contribution in [3.8, 4) is 17.2 Å². The fraction of sp³-hybridized carbons (Fsp3) is 0.462. The fourth-order valence-electron chi connectivity index (χ4n) is 2.93. The molecule has 2 aromatic rings. The molecule has 0 aromatic heterocycles. The molecule has 0 fully saturated rings. The van der Waals surface area contributed by atoms with E-state index in [1.165, 1.54) is 0 Å². The number of rotatable bonds is 8. The highest BCUT2D eigenvalue weighted by atomic mass is 127. The van der Waals surface area contributed by atoms with Gasteiger partial charge in [0.05, 0.1) is 14.3 Å². The number of carboxylic acids is 1. The van der Waals surface area contributed by atoms with Gasteiger partial charge in [-0.15, -0.1) is 0 Å². The molecule has 2 aromatic carbocycles. The van der Waals surface area contributed by atoms with E-state index in [2.05, 4.69) is 130 Å². The molecule has 7 nitrogen and oxygen atoms in total. The number of carboxylic acid groups (broad SMARTS) is 1. The predicted octanol–water partition coefficient (Wildman–Crippen LogP) is 8.80. The van der Waals surface area contributed by atoms with Crippen LogP contribution >= 0.6 is 90.4 Å². The lowest BCUT2D eigenvalue weighted by Crippen LogP contribution is -2.44. The molecule has 12 heteroatoms. The van der Waals surface area contributed by atoms with Crippen LogP contribution in [0.3, 0.4) is 0 Å². The number of carbonyl (C=O) groups excluding carboxylic acids is 1. The summed E-state index contributed by atoms with van der Waals surface area (Å²) in [6.07, 6.45) is -0.657. The van der Waals surface area contributed by atoms with Gasteiger partial charge >= 0.3 is 12.1 Å². The van der Waals surface area contributed by atoms with Gasteiger partial charge in [-0.1, -0.05) is 20.8 Å². The molecule has 0 aliphatic carbocycles. The van der Waals surface area contributed by atoms with Crippen LogP contribution in [0.15, 0.2) is 24.3 Å². The van der Waals surface area contributed by atoms with E-state index in [-0.39, 0.29) is 11.5 Å². The summed E-state index contributed by atoms with van der Waals surface area (Å²) in [7, 11) is -2.00. The maximum absolute atomic E-state index is 12.1.